The summed E-state index contributed by atoms with van der Waals surface area (Å²) in [6.07, 6.45) is 3.62. The number of ether oxygens (including phenoxy) is 7. The molecule has 1 aromatic carbocycles. The Labute approximate surface area is 274 Å². The first-order valence-corrected chi connectivity index (χ1v) is 19.2. The van der Waals surface area contributed by atoms with Crippen LogP contribution in [0.3, 0.4) is 0 Å². The summed E-state index contributed by atoms with van der Waals surface area (Å²) >= 11 is 0. The molecule has 1 heterocycles. The summed E-state index contributed by atoms with van der Waals surface area (Å²) < 4.78 is 48.0. The van der Waals surface area contributed by atoms with Gasteiger partial charge >= 0.3 is 0 Å². The zero-order valence-electron chi connectivity index (χ0n) is 29.9. The molecular weight excluding hydrogens is 592 g/mol. The number of aliphatic hydroxyl groups excluding tert-OH is 1. The Morgan fingerprint density at radius 3 is 2.16 bits per heavy atom. The average Bonchev–Trinajstić information content (AvgIpc) is 3.01. The van der Waals surface area contributed by atoms with Crippen LogP contribution in [0, 0.1) is 23.7 Å². The number of aliphatic hydroxyl groups is 1. The molecule has 10 heteroatoms. The number of rotatable bonds is 19. The standard InChI is InChI=1S/C35H62O9Si/c1-24(32(25(2)20-36)42-23-38-9)13-16-30(41-22-37-8)19-31(44-45(11,12)35(5,6)7)27(4)33-26(3)21-40-34(43-33)28-14-17-29(39-10)18-15-28/h13-18,24-27,30-34,36H,19-23H2,1-12H3/b16-13-/t24-,25-,26-,27-,30+,31-,32-,33+,34+/m0/s1. The van der Waals surface area contributed by atoms with E-state index in [9.17, 15) is 5.11 Å². The van der Waals surface area contributed by atoms with Crippen molar-refractivity contribution in [1.29, 1.82) is 0 Å². The van der Waals surface area contributed by atoms with Gasteiger partial charge in [0.05, 0.1) is 38.1 Å². The van der Waals surface area contributed by atoms with Crippen molar-refractivity contribution in [1.82, 2.24) is 0 Å². The molecule has 0 radical (unpaired) electrons. The predicted octanol–water partition coefficient (Wildman–Crippen LogP) is 6.96. The van der Waals surface area contributed by atoms with Crippen molar-refractivity contribution in [2.45, 2.75) is 104 Å². The summed E-state index contributed by atoms with van der Waals surface area (Å²) in [5.41, 5.74) is 0.961. The van der Waals surface area contributed by atoms with Gasteiger partial charge in [0.1, 0.15) is 19.3 Å². The average molecular weight is 655 g/mol. The molecule has 260 valence electrons. The molecule has 1 aliphatic heterocycles. The first kappa shape index (κ1) is 39.8. The van der Waals surface area contributed by atoms with Gasteiger partial charge in [-0.1, -0.05) is 72.8 Å². The highest BCUT2D eigenvalue weighted by Crippen LogP contribution is 2.41. The fourth-order valence-corrected chi connectivity index (χ4v) is 6.87. The number of hydrogen-bond acceptors (Lipinski definition) is 9. The fourth-order valence-electron chi connectivity index (χ4n) is 5.45. The minimum Gasteiger partial charge on any atom is -0.497 e. The molecule has 0 spiro atoms. The van der Waals surface area contributed by atoms with Crippen molar-refractivity contribution in [3.8, 4) is 5.75 Å². The first-order chi connectivity index (χ1) is 21.2. The Morgan fingerprint density at radius 1 is 0.978 bits per heavy atom. The minimum absolute atomic E-state index is 0.0113. The molecule has 45 heavy (non-hydrogen) atoms. The van der Waals surface area contributed by atoms with E-state index in [1.165, 1.54) is 0 Å². The van der Waals surface area contributed by atoms with Crippen molar-refractivity contribution in [2.75, 3.05) is 48.1 Å². The highest BCUT2D eigenvalue weighted by Gasteiger charge is 2.44. The molecule has 1 aliphatic rings. The molecule has 1 saturated heterocycles. The van der Waals surface area contributed by atoms with Crippen LogP contribution in [-0.4, -0.2) is 86.0 Å². The van der Waals surface area contributed by atoms with E-state index in [2.05, 4.69) is 66.8 Å². The summed E-state index contributed by atoms with van der Waals surface area (Å²) in [7, 11) is 2.71. The van der Waals surface area contributed by atoms with Gasteiger partial charge in [-0.3, -0.25) is 0 Å². The molecule has 9 nitrogen and oxygen atoms in total. The lowest BCUT2D eigenvalue weighted by atomic mass is 9.86. The fraction of sp³-hybridized carbons (Fsp3) is 0.771. The normalized spacial score (nSPS) is 23.8. The second-order valence-electron chi connectivity index (χ2n) is 14.1. The molecule has 0 saturated carbocycles. The summed E-state index contributed by atoms with van der Waals surface area (Å²) in [5.74, 6) is 0.969. The highest BCUT2D eigenvalue weighted by molar-refractivity contribution is 6.74. The molecule has 0 unspecified atom stereocenters. The van der Waals surface area contributed by atoms with E-state index < -0.39 is 14.6 Å². The summed E-state index contributed by atoms with van der Waals surface area (Å²) in [5, 5.41) is 9.86. The maximum absolute atomic E-state index is 9.84. The molecule has 0 bridgehead atoms. The SMILES string of the molecule is COCO[C@@H]([C@@H](C)/C=C\[C@H](C[C@H](O[Si](C)(C)C(C)(C)C)[C@H](C)[C@@H]1O[C@H](c2ccc(OC)cc2)OC[C@@H]1C)OCOC)[C@@H](C)CO. The predicted molar refractivity (Wildman–Crippen MR) is 180 cm³/mol. The van der Waals surface area contributed by atoms with Gasteiger partial charge in [-0.05, 0) is 30.3 Å². The number of hydrogen-bond donors (Lipinski definition) is 1. The van der Waals surface area contributed by atoms with Gasteiger partial charge in [0.2, 0.25) is 0 Å². The van der Waals surface area contributed by atoms with Gasteiger partial charge in [0, 0.05) is 56.5 Å². The lowest BCUT2D eigenvalue weighted by Gasteiger charge is -2.45. The third-order valence-electron chi connectivity index (χ3n) is 9.34. The smallest absolute Gasteiger partial charge is 0.192 e. The summed E-state index contributed by atoms with van der Waals surface area (Å²) in [4.78, 5) is 0. The van der Waals surface area contributed by atoms with E-state index in [4.69, 9.17) is 37.6 Å². The van der Waals surface area contributed by atoms with Crippen molar-refractivity contribution in [2.24, 2.45) is 23.7 Å². The quantitative estimate of drug-likeness (QED) is 0.0965. The maximum atomic E-state index is 9.84. The van der Waals surface area contributed by atoms with Gasteiger partial charge in [0.25, 0.3) is 0 Å². The van der Waals surface area contributed by atoms with Crippen LogP contribution in [0.5, 0.6) is 5.75 Å². The molecule has 1 N–H and O–H groups in total. The van der Waals surface area contributed by atoms with Crippen LogP contribution in [-0.2, 0) is 32.8 Å². The topological polar surface area (TPSA) is 94.1 Å². The van der Waals surface area contributed by atoms with Crippen molar-refractivity contribution >= 4 is 8.32 Å². The molecule has 0 amide bonds. The Morgan fingerprint density at radius 2 is 1.60 bits per heavy atom. The van der Waals surface area contributed by atoms with Crippen LogP contribution >= 0.6 is 0 Å². The third-order valence-corrected chi connectivity index (χ3v) is 13.8. The van der Waals surface area contributed by atoms with Gasteiger partial charge in [-0.2, -0.15) is 0 Å². The second kappa shape index (κ2) is 18.9. The van der Waals surface area contributed by atoms with Gasteiger partial charge in [-0.15, -0.1) is 0 Å². The Bertz CT molecular complexity index is 980. The summed E-state index contributed by atoms with van der Waals surface area (Å²) in [6.45, 7) is 20.8. The van der Waals surface area contributed by atoms with Crippen LogP contribution in [0.2, 0.25) is 18.1 Å². The lowest BCUT2D eigenvalue weighted by Crippen LogP contribution is -2.50. The van der Waals surface area contributed by atoms with E-state index in [0.29, 0.717) is 13.0 Å². The van der Waals surface area contributed by atoms with E-state index in [1.54, 1.807) is 21.3 Å². The van der Waals surface area contributed by atoms with Gasteiger partial charge in [0.15, 0.2) is 14.6 Å². The van der Waals surface area contributed by atoms with E-state index in [0.717, 1.165) is 11.3 Å². The number of benzene rings is 1. The summed E-state index contributed by atoms with van der Waals surface area (Å²) in [6, 6.07) is 7.84. The highest BCUT2D eigenvalue weighted by atomic mass is 28.4. The van der Waals surface area contributed by atoms with Crippen LogP contribution in [0.1, 0.15) is 66.7 Å². The van der Waals surface area contributed by atoms with Gasteiger partial charge < -0.3 is 42.7 Å². The largest absolute Gasteiger partial charge is 0.497 e. The third kappa shape index (κ3) is 12.0. The molecular formula is C35H62O9Si. The van der Waals surface area contributed by atoms with Gasteiger partial charge in [-0.25, -0.2) is 0 Å². The van der Waals surface area contributed by atoms with Crippen LogP contribution in [0.25, 0.3) is 0 Å². The molecule has 9 atom stereocenters. The molecule has 0 aromatic heterocycles. The van der Waals surface area contributed by atoms with Crippen LogP contribution < -0.4 is 4.74 Å². The van der Waals surface area contributed by atoms with Crippen molar-refractivity contribution in [3.05, 3.63) is 42.0 Å². The molecule has 0 aliphatic carbocycles. The Kier molecular flexibility index (Phi) is 16.7. The monoisotopic (exact) mass is 654 g/mol. The maximum Gasteiger partial charge on any atom is 0.192 e. The Balaban J connectivity index is 2.38. The minimum atomic E-state index is -2.18. The molecule has 2 rings (SSSR count). The molecule has 1 aromatic rings. The van der Waals surface area contributed by atoms with Crippen LogP contribution in [0.4, 0.5) is 0 Å². The van der Waals surface area contributed by atoms with E-state index in [1.807, 2.05) is 31.2 Å². The van der Waals surface area contributed by atoms with E-state index >= 15 is 0 Å². The van der Waals surface area contributed by atoms with E-state index in [-0.39, 0.29) is 73.3 Å². The molecule has 1 fully saturated rings. The zero-order chi connectivity index (χ0) is 33.8. The zero-order valence-corrected chi connectivity index (χ0v) is 30.9. The van der Waals surface area contributed by atoms with Crippen molar-refractivity contribution < 1.29 is 42.7 Å². The van der Waals surface area contributed by atoms with Crippen LogP contribution in [0.15, 0.2) is 36.4 Å². The van der Waals surface area contributed by atoms with Crippen molar-refractivity contribution in [3.63, 3.8) is 0 Å². The lowest BCUT2D eigenvalue weighted by molar-refractivity contribution is -0.256. The Hall–Kier alpha value is -1.34. The second-order valence-corrected chi connectivity index (χ2v) is 18.8. The first-order valence-electron chi connectivity index (χ1n) is 16.3. The number of methoxy groups -OCH3 is 3.